The molecule has 0 spiro atoms. The Balaban J connectivity index is 1.68. The van der Waals surface area contributed by atoms with Gasteiger partial charge in [-0.1, -0.05) is 17.7 Å². The van der Waals surface area contributed by atoms with Crippen LogP contribution in [0.4, 0.5) is 4.79 Å². The average molecular weight is 637 g/mol. The number of rotatable bonds is 12. The van der Waals surface area contributed by atoms with Crippen molar-refractivity contribution in [3.05, 3.63) is 62.2 Å². The van der Waals surface area contributed by atoms with Gasteiger partial charge in [0.05, 0.1) is 41.0 Å². The Labute approximate surface area is 244 Å². The maximum absolute atomic E-state index is 12.4. The molecule has 1 aliphatic rings. The molecular weight excluding hydrogens is 610 g/mol. The summed E-state index contributed by atoms with van der Waals surface area (Å²) in [5.41, 5.74) is 4.37. The lowest BCUT2D eigenvalue weighted by atomic mass is 9.95. The minimum absolute atomic E-state index is 0.146. The lowest BCUT2D eigenvalue weighted by Gasteiger charge is -2.28. The van der Waals surface area contributed by atoms with Crippen LogP contribution in [0.1, 0.15) is 31.0 Å². The summed E-state index contributed by atoms with van der Waals surface area (Å²) < 4.78 is 22.2. The van der Waals surface area contributed by atoms with Gasteiger partial charge in [-0.2, -0.15) is 10.4 Å². The molecule has 40 heavy (non-hydrogen) atoms. The van der Waals surface area contributed by atoms with Gasteiger partial charge in [-0.25, -0.2) is 9.59 Å². The maximum Gasteiger partial charge on any atom is 0.337 e. The van der Waals surface area contributed by atoms with Gasteiger partial charge >= 0.3 is 12.0 Å². The number of halogens is 2. The monoisotopic (exact) mass is 635 g/mol. The van der Waals surface area contributed by atoms with Crippen molar-refractivity contribution in [2.45, 2.75) is 26.1 Å². The first-order valence-corrected chi connectivity index (χ1v) is 13.1. The van der Waals surface area contributed by atoms with Crippen molar-refractivity contribution in [3.8, 4) is 23.3 Å². The molecule has 1 heterocycles. The van der Waals surface area contributed by atoms with Crippen molar-refractivity contribution < 1.29 is 33.6 Å². The quantitative estimate of drug-likeness (QED) is 0.118. The molecule has 1 aliphatic heterocycles. The van der Waals surface area contributed by atoms with Gasteiger partial charge in [0.2, 0.25) is 0 Å². The van der Waals surface area contributed by atoms with Gasteiger partial charge in [0, 0.05) is 5.70 Å². The number of urea groups is 1. The number of allylic oxidation sites excluding steroid dienone is 1. The van der Waals surface area contributed by atoms with Crippen LogP contribution in [0.25, 0.3) is 0 Å². The number of carbonyl (C=O) groups is 2. The molecule has 0 radical (unpaired) electrons. The topological polar surface area (TPSA) is 164 Å². The summed E-state index contributed by atoms with van der Waals surface area (Å²) in [6.07, 6.45) is 0.263. The molecular formula is C26H27BrClN5O7. The Kier molecular flexibility index (Phi) is 11.0. The fraction of sp³-hybridized carbons (Fsp3) is 0.308. The highest BCUT2D eigenvalue weighted by atomic mass is 79.9. The van der Waals surface area contributed by atoms with Crippen molar-refractivity contribution in [2.75, 3.05) is 26.9 Å². The molecule has 0 saturated carbocycles. The number of methoxy groups -OCH3 is 1. The third-order valence-corrected chi connectivity index (χ3v) is 6.28. The van der Waals surface area contributed by atoms with Crippen molar-refractivity contribution in [1.29, 1.82) is 5.26 Å². The smallest absolute Gasteiger partial charge is 0.337 e. The summed E-state index contributed by atoms with van der Waals surface area (Å²) in [6, 6.07) is 8.87. The second kappa shape index (κ2) is 14.4. The highest BCUT2D eigenvalue weighted by Crippen LogP contribution is 2.35. The van der Waals surface area contributed by atoms with E-state index in [1.807, 2.05) is 6.07 Å². The minimum Gasteiger partial charge on any atom is -0.490 e. The number of hydrazone groups is 1. The highest BCUT2D eigenvalue weighted by Gasteiger charge is 2.32. The summed E-state index contributed by atoms with van der Waals surface area (Å²) >= 11 is 9.54. The Morgan fingerprint density at radius 1 is 1.30 bits per heavy atom. The molecule has 2 amide bonds. The summed E-state index contributed by atoms with van der Waals surface area (Å²) in [6.45, 7) is 3.40. The predicted octanol–water partition coefficient (Wildman–Crippen LogP) is 3.53. The number of nitrogens with one attached hydrogen (secondary N) is 3. The molecule has 14 heteroatoms. The fourth-order valence-electron chi connectivity index (χ4n) is 3.72. The number of esters is 1. The van der Waals surface area contributed by atoms with Crippen LogP contribution >= 0.6 is 27.5 Å². The van der Waals surface area contributed by atoms with Crippen LogP contribution in [0.2, 0.25) is 5.02 Å². The number of nitriles is 1. The first-order chi connectivity index (χ1) is 19.2. The zero-order valence-electron chi connectivity index (χ0n) is 21.8. The molecule has 0 unspecified atom stereocenters. The van der Waals surface area contributed by atoms with Crippen molar-refractivity contribution in [1.82, 2.24) is 16.1 Å². The molecule has 0 saturated heterocycles. The van der Waals surface area contributed by atoms with Gasteiger partial charge in [-0.3, -0.25) is 5.43 Å². The van der Waals surface area contributed by atoms with E-state index in [9.17, 15) is 14.7 Å². The van der Waals surface area contributed by atoms with Crippen LogP contribution in [0.15, 0.2) is 51.2 Å². The lowest BCUT2D eigenvalue weighted by molar-refractivity contribution is -0.136. The van der Waals surface area contributed by atoms with Crippen LogP contribution in [0.5, 0.6) is 17.2 Å². The highest BCUT2D eigenvalue weighted by molar-refractivity contribution is 9.10. The molecule has 0 fully saturated rings. The first kappa shape index (κ1) is 30.6. The van der Waals surface area contributed by atoms with Crippen LogP contribution < -0.4 is 30.3 Å². The van der Waals surface area contributed by atoms with E-state index >= 15 is 0 Å². The van der Waals surface area contributed by atoms with Gasteiger partial charge in [-0.15, -0.1) is 0 Å². The second-order valence-electron chi connectivity index (χ2n) is 8.18. The Morgan fingerprint density at radius 3 is 2.75 bits per heavy atom. The average Bonchev–Trinajstić information content (AvgIpc) is 2.91. The Hall–Kier alpha value is -3.99. The summed E-state index contributed by atoms with van der Waals surface area (Å²) in [4.78, 5) is 24.5. The van der Waals surface area contributed by atoms with E-state index in [2.05, 4.69) is 37.1 Å². The number of carbonyl (C=O) groups excluding carboxylic acids is 2. The third-order valence-electron chi connectivity index (χ3n) is 5.41. The number of hydrogen-bond acceptors (Lipinski definition) is 10. The summed E-state index contributed by atoms with van der Waals surface area (Å²) in [5.74, 6) is 0.442. The largest absolute Gasteiger partial charge is 0.490 e. The van der Waals surface area contributed by atoms with Crippen molar-refractivity contribution >= 4 is 45.7 Å². The standard InChI is InChI=1S/C26H27BrClN5O7/c1-4-38-20-11-16(23-22(25(35)37-3)14(2)31-26(36)32-23)5-6-19(20)40-13-21(34)33-30-12-15-9-17(27)24(18(28)10-15)39-8-7-29/h5-6,9-12,21,23,33-34H,4,8,13H2,1-3H3,(H2,31,32,36)/b30-12-/t21-,23-/m1/s1. The summed E-state index contributed by atoms with van der Waals surface area (Å²) in [7, 11) is 1.26. The molecule has 3 rings (SSSR count). The first-order valence-electron chi connectivity index (χ1n) is 11.9. The number of benzene rings is 2. The third kappa shape index (κ3) is 7.78. The molecule has 0 aliphatic carbocycles. The molecule has 12 nitrogen and oxygen atoms in total. The Morgan fingerprint density at radius 2 is 2.08 bits per heavy atom. The van der Waals surface area contributed by atoms with E-state index in [0.29, 0.717) is 45.2 Å². The maximum atomic E-state index is 12.4. The second-order valence-corrected chi connectivity index (χ2v) is 9.44. The van der Waals surface area contributed by atoms with Crippen LogP contribution in [0, 0.1) is 11.3 Å². The molecule has 0 aromatic heterocycles. The van der Waals surface area contributed by atoms with E-state index in [1.54, 1.807) is 44.2 Å². The summed E-state index contributed by atoms with van der Waals surface area (Å²) in [5, 5.41) is 28.6. The van der Waals surface area contributed by atoms with Gasteiger partial charge < -0.3 is 34.7 Å². The van der Waals surface area contributed by atoms with Gasteiger partial charge in [-0.05, 0) is 65.2 Å². The SMILES string of the molecule is CCOc1cc([C@H]2NC(=O)NC(C)=C2C(=O)OC)ccc1OC[C@@H](O)N/N=C\c1cc(Cl)c(OCC#N)c(Br)c1. The zero-order chi connectivity index (χ0) is 29.2. The van der Waals surface area contributed by atoms with E-state index in [4.69, 9.17) is 35.8 Å². The van der Waals surface area contributed by atoms with E-state index in [1.165, 1.54) is 13.3 Å². The molecule has 0 bridgehead atoms. The number of amides is 2. The van der Waals surface area contributed by atoms with Crippen LogP contribution in [-0.2, 0) is 9.53 Å². The zero-order valence-corrected chi connectivity index (χ0v) is 24.1. The van der Waals surface area contributed by atoms with Crippen LogP contribution in [0.3, 0.4) is 0 Å². The van der Waals surface area contributed by atoms with E-state index in [-0.39, 0.29) is 23.8 Å². The predicted molar refractivity (Wildman–Crippen MR) is 149 cm³/mol. The minimum atomic E-state index is -1.18. The molecule has 2 atom stereocenters. The van der Waals surface area contributed by atoms with E-state index in [0.717, 1.165) is 0 Å². The van der Waals surface area contributed by atoms with Crippen molar-refractivity contribution in [2.24, 2.45) is 5.10 Å². The number of hydrogen-bond donors (Lipinski definition) is 4. The van der Waals surface area contributed by atoms with Crippen molar-refractivity contribution in [3.63, 3.8) is 0 Å². The molecule has 212 valence electrons. The number of aliphatic hydroxyl groups excluding tert-OH is 1. The number of ether oxygens (including phenoxy) is 4. The molecule has 2 aromatic carbocycles. The van der Waals surface area contributed by atoms with Gasteiger partial charge in [0.25, 0.3) is 0 Å². The van der Waals surface area contributed by atoms with Crippen LogP contribution in [-0.4, -0.2) is 56.5 Å². The lowest BCUT2D eigenvalue weighted by Crippen LogP contribution is -2.45. The fourth-order valence-corrected chi connectivity index (χ4v) is 4.71. The molecule has 2 aromatic rings. The van der Waals surface area contributed by atoms with E-state index < -0.39 is 24.3 Å². The number of nitrogens with zero attached hydrogens (tertiary/aromatic N) is 2. The van der Waals surface area contributed by atoms with Gasteiger partial charge in [0.15, 0.2) is 30.1 Å². The Bertz CT molecular complexity index is 1340. The normalized spacial score (nSPS) is 15.5. The molecule has 4 N–H and O–H groups in total. The number of aliphatic hydroxyl groups is 1. The van der Waals surface area contributed by atoms with Gasteiger partial charge in [0.1, 0.15) is 12.7 Å².